The number of aliphatic imine (C=N–C) groups is 1. The van der Waals surface area contributed by atoms with Gasteiger partial charge in [-0.05, 0) is 37.1 Å². The first-order chi connectivity index (χ1) is 9.79. The van der Waals surface area contributed by atoms with Gasteiger partial charge in [-0.1, -0.05) is 24.3 Å². The van der Waals surface area contributed by atoms with Gasteiger partial charge in [0.15, 0.2) is 5.96 Å². The summed E-state index contributed by atoms with van der Waals surface area (Å²) in [5, 5.41) is 6.49. The van der Waals surface area contributed by atoms with Gasteiger partial charge in [0.2, 0.25) is 0 Å². The van der Waals surface area contributed by atoms with Gasteiger partial charge in [0.25, 0.3) is 0 Å². The van der Waals surface area contributed by atoms with Crippen LogP contribution >= 0.6 is 24.0 Å². The molecule has 2 aromatic rings. The lowest BCUT2D eigenvalue weighted by molar-refractivity contribution is 0.501. The second-order valence-electron chi connectivity index (χ2n) is 4.55. The van der Waals surface area contributed by atoms with E-state index >= 15 is 0 Å². The topological polar surface area (TPSA) is 49.6 Å². The highest BCUT2D eigenvalue weighted by molar-refractivity contribution is 14.0. The van der Waals surface area contributed by atoms with Crippen molar-refractivity contribution in [2.75, 3.05) is 6.54 Å². The summed E-state index contributed by atoms with van der Waals surface area (Å²) >= 11 is 0. The fourth-order valence-electron chi connectivity index (χ4n) is 1.88. The van der Waals surface area contributed by atoms with Crippen molar-refractivity contribution in [2.24, 2.45) is 4.99 Å². The van der Waals surface area contributed by atoms with Crippen molar-refractivity contribution in [3.8, 4) is 0 Å². The van der Waals surface area contributed by atoms with Crippen molar-refractivity contribution in [3.63, 3.8) is 0 Å². The predicted octanol–water partition coefficient (Wildman–Crippen LogP) is 3.46. The maximum atomic E-state index is 5.30. The molecule has 0 spiro atoms. The molecule has 1 aromatic carbocycles. The first-order valence-electron chi connectivity index (χ1n) is 6.88. The van der Waals surface area contributed by atoms with Crippen molar-refractivity contribution in [1.29, 1.82) is 0 Å². The molecule has 4 nitrogen and oxygen atoms in total. The fourth-order valence-corrected chi connectivity index (χ4v) is 1.88. The fraction of sp³-hybridized carbons (Fsp3) is 0.312. The minimum absolute atomic E-state index is 0. The molecule has 0 saturated heterocycles. The van der Waals surface area contributed by atoms with Crippen LogP contribution in [0.4, 0.5) is 0 Å². The highest BCUT2D eigenvalue weighted by Crippen LogP contribution is 2.08. The van der Waals surface area contributed by atoms with Crippen LogP contribution in [0, 0.1) is 6.92 Å². The Labute approximate surface area is 143 Å². The molecule has 5 heteroatoms. The molecule has 2 rings (SSSR count). The largest absolute Gasteiger partial charge is 0.467 e. The molecule has 1 heterocycles. The van der Waals surface area contributed by atoms with Crippen molar-refractivity contribution >= 4 is 29.9 Å². The normalized spacial score (nSPS) is 10.9. The van der Waals surface area contributed by atoms with E-state index in [1.54, 1.807) is 6.26 Å². The van der Waals surface area contributed by atoms with Crippen LogP contribution in [0.3, 0.4) is 0 Å². The lowest BCUT2D eigenvalue weighted by atomic mass is 10.1. The van der Waals surface area contributed by atoms with Gasteiger partial charge in [-0.2, -0.15) is 0 Å². The van der Waals surface area contributed by atoms with Crippen LogP contribution in [0.5, 0.6) is 0 Å². The molecule has 0 atom stereocenters. The van der Waals surface area contributed by atoms with E-state index < -0.39 is 0 Å². The third kappa shape index (κ3) is 5.79. The Balaban J connectivity index is 0.00000220. The number of nitrogens with one attached hydrogen (secondary N) is 2. The molecule has 2 N–H and O–H groups in total. The summed E-state index contributed by atoms with van der Waals surface area (Å²) in [5.41, 5.74) is 2.50. The molecule has 0 aliphatic heterocycles. The average Bonchev–Trinajstić information content (AvgIpc) is 2.97. The van der Waals surface area contributed by atoms with Gasteiger partial charge in [-0.3, -0.25) is 0 Å². The minimum atomic E-state index is 0. The Morgan fingerprint density at radius 3 is 2.62 bits per heavy atom. The van der Waals surface area contributed by atoms with E-state index in [4.69, 9.17) is 4.42 Å². The van der Waals surface area contributed by atoms with Gasteiger partial charge in [0.05, 0.1) is 19.4 Å². The van der Waals surface area contributed by atoms with E-state index in [1.807, 2.05) is 24.3 Å². The molecular weight excluding hydrogens is 377 g/mol. The highest BCUT2D eigenvalue weighted by Gasteiger charge is 2.01. The molecule has 1 aromatic heterocycles. The maximum Gasteiger partial charge on any atom is 0.191 e. The highest BCUT2D eigenvalue weighted by atomic mass is 127. The first kappa shape index (κ1) is 17.6. The minimum Gasteiger partial charge on any atom is -0.467 e. The van der Waals surface area contributed by atoms with E-state index in [0.29, 0.717) is 13.1 Å². The molecule has 0 amide bonds. The third-order valence-electron chi connectivity index (χ3n) is 3.02. The molecule has 0 saturated carbocycles. The van der Waals surface area contributed by atoms with Gasteiger partial charge >= 0.3 is 0 Å². The van der Waals surface area contributed by atoms with Crippen LogP contribution in [-0.4, -0.2) is 12.5 Å². The number of rotatable bonds is 5. The Kier molecular flexibility index (Phi) is 7.89. The number of aryl methyl sites for hydroxylation is 1. The SMILES string of the molecule is CCNC(=NCc1ccccc1C)NCc1ccco1.I. The van der Waals surface area contributed by atoms with Gasteiger partial charge in [0, 0.05) is 6.54 Å². The molecule has 0 radical (unpaired) electrons. The summed E-state index contributed by atoms with van der Waals surface area (Å²) in [5.74, 6) is 1.69. The summed E-state index contributed by atoms with van der Waals surface area (Å²) in [6.45, 7) is 6.29. The maximum absolute atomic E-state index is 5.30. The Morgan fingerprint density at radius 2 is 1.95 bits per heavy atom. The second-order valence-corrected chi connectivity index (χ2v) is 4.55. The zero-order chi connectivity index (χ0) is 14.2. The van der Waals surface area contributed by atoms with Crippen LogP contribution in [-0.2, 0) is 13.1 Å². The number of guanidine groups is 1. The average molecular weight is 399 g/mol. The smallest absolute Gasteiger partial charge is 0.191 e. The Bertz CT molecular complexity index is 552. The lowest BCUT2D eigenvalue weighted by Gasteiger charge is -2.10. The first-order valence-corrected chi connectivity index (χ1v) is 6.88. The van der Waals surface area contributed by atoms with Gasteiger partial charge in [-0.25, -0.2) is 4.99 Å². The van der Waals surface area contributed by atoms with Crippen molar-refractivity contribution in [1.82, 2.24) is 10.6 Å². The van der Waals surface area contributed by atoms with Crippen LogP contribution in [0.2, 0.25) is 0 Å². The van der Waals surface area contributed by atoms with Crippen LogP contribution in [0.15, 0.2) is 52.1 Å². The summed E-state index contributed by atoms with van der Waals surface area (Å²) < 4.78 is 5.30. The number of halogens is 1. The zero-order valence-electron chi connectivity index (χ0n) is 12.4. The van der Waals surface area contributed by atoms with E-state index in [1.165, 1.54) is 11.1 Å². The monoisotopic (exact) mass is 399 g/mol. The number of hydrogen-bond acceptors (Lipinski definition) is 2. The lowest BCUT2D eigenvalue weighted by Crippen LogP contribution is -2.36. The molecule has 0 fully saturated rings. The Hall–Kier alpha value is -1.50. The van der Waals surface area contributed by atoms with Crippen molar-refractivity contribution in [2.45, 2.75) is 26.9 Å². The summed E-state index contributed by atoms with van der Waals surface area (Å²) in [6, 6.07) is 12.1. The predicted molar refractivity (Wildman–Crippen MR) is 97.0 cm³/mol. The molecule has 0 unspecified atom stereocenters. The van der Waals surface area contributed by atoms with E-state index in [0.717, 1.165) is 18.3 Å². The van der Waals surface area contributed by atoms with Gasteiger partial charge in [-0.15, -0.1) is 24.0 Å². The molecule has 0 aliphatic carbocycles. The van der Waals surface area contributed by atoms with Crippen LogP contribution < -0.4 is 10.6 Å². The standard InChI is InChI=1S/C16H21N3O.HI/c1-3-17-16(19-12-15-9-6-10-20-15)18-11-14-8-5-4-7-13(14)2;/h4-10H,3,11-12H2,1-2H3,(H2,17,18,19);1H. The quantitative estimate of drug-likeness (QED) is 0.460. The van der Waals surface area contributed by atoms with Crippen LogP contribution in [0.25, 0.3) is 0 Å². The summed E-state index contributed by atoms with van der Waals surface area (Å²) in [7, 11) is 0. The van der Waals surface area contributed by atoms with Crippen LogP contribution in [0.1, 0.15) is 23.8 Å². The Morgan fingerprint density at radius 1 is 1.14 bits per heavy atom. The van der Waals surface area contributed by atoms with E-state index in [2.05, 4.69) is 41.6 Å². The number of furan rings is 1. The molecular formula is C16H22IN3O. The van der Waals surface area contributed by atoms with Gasteiger partial charge in [0.1, 0.15) is 5.76 Å². The van der Waals surface area contributed by atoms with Gasteiger partial charge < -0.3 is 15.1 Å². The molecule has 0 bridgehead atoms. The van der Waals surface area contributed by atoms with Crippen molar-refractivity contribution in [3.05, 3.63) is 59.5 Å². The molecule has 0 aliphatic rings. The number of benzene rings is 1. The number of hydrogen-bond donors (Lipinski definition) is 2. The van der Waals surface area contributed by atoms with Crippen molar-refractivity contribution < 1.29 is 4.42 Å². The summed E-state index contributed by atoms with van der Waals surface area (Å²) in [6.07, 6.45) is 1.68. The second kappa shape index (κ2) is 9.44. The summed E-state index contributed by atoms with van der Waals surface area (Å²) in [4.78, 5) is 4.60. The molecule has 21 heavy (non-hydrogen) atoms. The number of nitrogens with zero attached hydrogens (tertiary/aromatic N) is 1. The van der Waals surface area contributed by atoms with E-state index in [-0.39, 0.29) is 24.0 Å². The third-order valence-corrected chi connectivity index (χ3v) is 3.02. The van der Waals surface area contributed by atoms with E-state index in [9.17, 15) is 0 Å². The molecule has 114 valence electrons. The zero-order valence-corrected chi connectivity index (χ0v) is 14.8.